The number of benzene rings is 1. The third kappa shape index (κ3) is 10.4. The molecular formula is C20H34IN3O4. The molecule has 0 bridgehead atoms. The number of ether oxygens (including phenoxy) is 4. The molecule has 2 rings (SSSR count). The van der Waals surface area contributed by atoms with Gasteiger partial charge in [-0.3, -0.25) is 4.99 Å². The van der Waals surface area contributed by atoms with E-state index in [4.69, 9.17) is 18.9 Å². The van der Waals surface area contributed by atoms with Crippen molar-refractivity contribution < 1.29 is 18.9 Å². The van der Waals surface area contributed by atoms with Gasteiger partial charge >= 0.3 is 0 Å². The second-order valence-electron chi connectivity index (χ2n) is 6.40. The third-order valence-corrected chi connectivity index (χ3v) is 4.20. The summed E-state index contributed by atoms with van der Waals surface area (Å²) in [6, 6.07) is 8.09. The lowest BCUT2D eigenvalue weighted by molar-refractivity contribution is 0.0420. The molecule has 0 aliphatic carbocycles. The molecule has 0 radical (unpaired) electrons. The van der Waals surface area contributed by atoms with Gasteiger partial charge in [0.25, 0.3) is 0 Å². The molecule has 1 fully saturated rings. The first-order valence-electron chi connectivity index (χ1n) is 9.66. The fourth-order valence-corrected chi connectivity index (χ4v) is 2.72. The first kappa shape index (κ1) is 24.9. The number of hydrogen-bond donors (Lipinski definition) is 2. The van der Waals surface area contributed by atoms with Crippen LogP contribution in [-0.4, -0.2) is 65.8 Å². The molecule has 1 aromatic carbocycles. The normalized spacial score (nSPS) is 16.5. The minimum Gasteiger partial charge on any atom is -0.493 e. The molecule has 1 aliphatic heterocycles. The van der Waals surface area contributed by atoms with Gasteiger partial charge in [-0.1, -0.05) is 12.1 Å². The maximum absolute atomic E-state index is 5.76. The number of aliphatic imine (C=N–C) groups is 1. The number of nitrogens with one attached hydrogen (secondary N) is 2. The predicted molar refractivity (Wildman–Crippen MR) is 122 cm³/mol. The second-order valence-corrected chi connectivity index (χ2v) is 6.40. The topological polar surface area (TPSA) is 73.3 Å². The predicted octanol–water partition coefficient (Wildman–Crippen LogP) is 2.58. The first-order chi connectivity index (χ1) is 13.3. The van der Waals surface area contributed by atoms with Crippen molar-refractivity contribution in [2.24, 2.45) is 4.99 Å². The molecule has 1 atom stereocenters. The third-order valence-electron chi connectivity index (χ3n) is 4.20. The van der Waals surface area contributed by atoms with Crippen LogP contribution in [0, 0.1) is 0 Å². The number of methoxy groups -OCH3 is 1. The summed E-state index contributed by atoms with van der Waals surface area (Å²) in [5.41, 5.74) is 1.15. The van der Waals surface area contributed by atoms with Gasteiger partial charge in [-0.15, -0.1) is 24.0 Å². The minimum absolute atomic E-state index is 0. The van der Waals surface area contributed by atoms with Gasteiger partial charge in [0.1, 0.15) is 5.75 Å². The van der Waals surface area contributed by atoms with Gasteiger partial charge in [0.15, 0.2) is 5.96 Å². The van der Waals surface area contributed by atoms with Gasteiger partial charge in [-0.05, 0) is 30.5 Å². The van der Waals surface area contributed by atoms with Crippen molar-refractivity contribution >= 4 is 29.9 Å². The van der Waals surface area contributed by atoms with Crippen molar-refractivity contribution in [1.29, 1.82) is 0 Å². The summed E-state index contributed by atoms with van der Waals surface area (Å²) in [6.07, 6.45) is 3.09. The molecule has 0 aromatic heterocycles. The fraction of sp³-hybridized carbons (Fsp3) is 0.650. The van der Waals surface area contributed by atoms with Gasteiger partial charge < -0.3 is 29.6 Å². The zero-order valence-corrected chi connectivity index (χ0v) is 19.3. The Morgan fingerprint density at radius 2 is 2.11 bits per heavy atom. The summed E-state index contributed by atoms with van der Waals surface area (Å²) in [5.74, 6) is 1.66. The van der Waals surface area contributed by atoms with Crippen LogP contribution in [0.5, 0.6) is 5.75 Å². The van der Waals surface area contributed by atoms with Gasteiger partial charge in [-0.2, -0.15) is 0 Å². The minimum atomic E-state index is 0. The molecule has 1 heterocycles. The van der Waals surface area contributed by atoms with E-state index in [2.05, 4.69) is 21.7 Å². The molecule has 1 saturated heterocycles. The van der Waals surface area contributed by atoms with Crippen molar-refractivity contribution in [1.82, 2.24) is 10.6 Å². The van der Waals surface area contributed by atoms with E-state index in [9.17, 15) is 0 Å². The molecule has 28 heavy (non-hydrogen) atoms. The van der Waals surface area contributed by atoms with Crippen LogP contribution in [0.25, 0.3) is 0 Å². The van der Waals surface area contributed by atoms with Crippen LogP contribution in [0.4, 0.5) is 0 Å². The van der Waals surface area contributed by atoms with Gasteiger partial charge in [0.05, 0.1) is 19.3 Å². The number of nitrogens with zero attached hydrogens (tertiary/aromatic N) is 1. The zero-order valence-electron chi connectivity index (χ0n) is 16.9. The molecule has 8 heteroatoms. The Morgan fingerprint density at radius 3 is 2.86 bits per heavy atom. The molecule has 0 saturated carbocycles. The molecule has 0 spiro atoms. The molecule has 7 nitrogen and oxygen atoms in total. The van der Waals surface area contributed by atoms with E-state index < -0.39 is 0 Å². The van der Waals surface area contributed by atoms with Crippen molar-refractivity contribution in [3.05, 3.63) is 29.8 Å². The van der Waals surface area contributed by atoms with E-state index in [0.717, 1.165) is 62.9 Å². The maximum atomic E-state index is 5.76. The number of hydrogen-bond acceptors (Lipinski definition) is 5. The number of rotatable bonds is 12. The Hall–Kier alpha value is -1.10. The van der Waals surface area contributed by atoms with Crippen LogP contribution in [0.15, 0.2) is 29.3 Å². The van der Waals surface area contributed by atoms with E-state index in [1.54, 1.807) is 14.2 Å². The average molecular weight is 507 g/mol. The zero-order chi connectivity index (χ0) is 19.2. The molecule has 1 aromatic rings. The Bertz CT molecular complexity index is 554. The first-order valence-corrected chi connectivity index (χ1v) is 9.66. The van der Waals surface area contributed by atoms with Gasteiger partial charge in [0, 0.05) is 53.5 Å². The summed E-state index contributed by atoms with van der Waals surface area (Å²) in [7, 11) is 3.47. The summed E-state index contributed by atoms with van der Waals surface area (Å²) in [6.45, 7) is 5.15. The second kappa shape index (κ2) is 15.8. The highest BCUT2D eigenvalue weighted by Gasteiger charge is 2.15. The smallest absolute Gasteiger partial charge is 0.191 e. The van der Waals surface area contributed by atoms with Crippen LogP contribution >= 0.6 is 24.0 Å². The molecular weight excluding hydrogens is 473 g/mol. The van der Waals surface area contributed by atoms with E-state index >= 15 is 0 Å². The Balaban J connectivity index is 0.00000392. The Kier molecular flexibility index (Phi) is 14.1. The van der Waals surface area contributed by atoms with E-state index in [-0.39, 0.29) is 30.1 Å². The highest BCUT2D eigenvalue weighted by Crippen LogP contribution is 2.13. The standard InChI is InChI=1S/C20H33N3O4.HI/c1-21-20(22-9-4-11-27-19-8-13-25-16-19)23-15-17-6-3-7-18(14-17)26-12-5-10-24-2;/h3,6-7,14,19H,4-5,8-13,15-16H2,1-2H3,(H2,21,22,23);1H. The summed E-state index contributed by atoms with van der Waals surface area (Å²) >= 11 is 0. The SMILES string of the molecule is CN=C(NCCCOC1CCOC1)NCc1cccc(OCCCOC)c1.I. The summed E-state index contributed by atoms with van der Waals surface area (Å²) in [5, 5.41) is 6.63. The van der Waals surface area contributed by atoms with E-state index in [1.165, 1.54) is 0 Å². The van der Waals surface area contributed by atoms with Crippen LogP contribution in [-0.2, 0) is 20.8 Å². The van der Waals surface area contributed by atoms with Crippen LogP contribution in [0.1, 0.15) is 24.8 Å². The molecule has 2 N–H and O–H groups in total. The van der Waals surface area contributed by atoms with Gasteiger partial charge in [0.2, 0.25) is 0 Å². The van der Waals surface area contributed by atoms with E-state index in [1.807, 2.05) is 18.2 Å². The van der Waals surface area contributed by atoms with Crippen molar-refractivity contribution in [3.8, 4) is 5.75 Å². The molecule has 0 amide bonds. The lowest BCUT2D eigenvalue weighted by Crippen LogP contribution is -2.37. The maximum Gasteiger partial charge on any atom is 0.191 e. The quantitative estimate of drug-likeness (QED) is 0.196. The number of halogens is 1. The Labute approximate surface area is 185 Å². The van der Waals surface area contributed by atoms with Crippen molar-refractivity contribution in [2.75, 3.05) is 53.7 Å². The summed E-state index contributed by atoms with van der Waals surface area (Å²) in [4.78, 5) is 4.26. The highest BCUT2D eigenvalue weighted by molar-refractivity contribution is 14.0. The lowest BCUT2D eigenvalue weighted by Gasteiger charge is -2.14. The Morgan fingerprint density at radius 1 is 1.21 bits per heavy atom. The van der Waals surface area contributed by atoms with E-state index in [0.29, 0.717) is 19.8 Å². The van der Waals surface area contributed by atoms with Crippen molar-refractivity contribution in [3.63, 3.8) is 0 Å². The molecule has 1 aliphatic rings. The fourth-order valence-electron chi connectivity index (χ4n) is 2.72. The monoisotopic (exact) mass is 507 g/mol. The molecule has 1 unspecified atom stereocenters. The summed E-state index contributed by atoms with van der Waals surface area (Å²) < 4.78 is 21.8. The largest absolute Gasteiger partial charge is 0.493 e. The van der Waals surface area contributed by atoms with Crippen molar-refractivity contribution in [2.45, 2.75) is 31.9 Å². The molecule has 160 valence electrons. The average Bonchev–Trinajstić information content (AvgIpc) is 3.21. The van der Waals surface area contributed by atoms with Gasteiger partial charge in [-0.25, -0.2) is 0 Å². The number of guanidine groups is 1. The van der Waals surface area contributed by atoms with Crippen LogP contribution in [0.2, 0.25) is 0 Å². The van der Waals surface area contributed by atoms with Crippen LogP contribution < -0.4 is 15.4 Å². The highest BCUT2D eigenvalue weighted by atomic mass is 127. The lowest BCUT2D eigenvalue weighted by atomic mass is 10.2. The van der Waals surface area contributed by atoms with Crippen LogP contribution in [0.3, 0.4) is 0 Å².